The van der Waals surface area contributed by atoms with Crippen molar-refractivity contribution in [3.05, 3.63) is 18.0 Å². The summed E-state index contributed by atoms with van der Waals surface area (Å²) in [7, 11) is 1.79. The van der Waals surface area contributed by atoms with Crippen LogP contribution in [0.2, 0.25) is 0 Å². The van der Waals surface area contributed by atoms with Crippen LogP contribution in [0.5, 0.6) is 0 Å². The van der Waals surface area contributed by atoms with Gasteiger partial charge in [0.1, 0.15) is 5.69 Å². The molecule has 0 atom stereocenters. The topological polar surface area (TPSA) is 38.1 Å². The zero-order valence-corrected chi connectivity index (χ0v) is 9.73. The molecule has 0 aromatic carbocycles. The van der Waals surface area contributed by atoms with Crippen LogP contribution in [0.15, 0.2) is 12.3 Å². The lowest BCUT2D eigenvalue weighted by molar-refractivity contribution is 0.0744. The van der Waals surface area contributed by atoms with E-state index in [0.717, 1.165) is 25.9 Å². The van der Waals surface area contributed by atoms with E-state index in [0.29, 0.717) is 5.69 Å². The summed E-state index contributed by atoms with van der Waals surface area (Å²) in [5.74, 6) is 0.0821. The average molecular weight is 209 g/mol. The minimum absolute atomic E-state index is 0.0821. The summed E-state index contributed by atoms with van der Waals surface area (Å²) in [6.07, 6.45) is 3.64. The Morgan fingerprint density at radius 2 is 2.00 bits per heavy atom. The van der Waals surface area contributed by atoms with Gasteiger partial charge in [0.2, 0.25) is 0 Å². The lowest BCUT2D eigenvalue weighted by Gasteiger charge is -2.21. The molecule has 0 spiro atoms. The number of rotatable bonds is 5. The third-order valence-corrected chi connectivity index (χ3v) is 2.31. The van der Waals surface area contributed by atoms with Gasteiger partial charge in [-0.2, -0.15) is 5.10 Å². The summed E-state index contributed by atoms with van der Waals surface area (Å²) in [5.41, 5.74) is 0.664. The van der Waals surface area contributed by atoms with Gasteiger partial charge in [-0.1, -0.05) is 13.8 Å². The molecule has 0 saturated heterocycles. The molecule has 15 heavy (non-hydrogen) atoms. The number of hydrogen-bond acceptors (Lipinski definition) is 2. The first-order valence-corrected chi connectivity index (χ1v) is 5.48. The van der Waals surface area contributed by atoms with Gasteiger partial charge in [0.15, 0.2) is 0 Å². The Labute approximate surface area is 90.9 Å². The molecule has 0 aliphatic rings. The maximum atomic E-state index is 12.1. The molecule has 84 valence electrons. The molecule has 4 heteroatoms. The minimum atomic E-state index is 0.0821. The summed E-state index contributed by atoms with van der Waals surface area (Å²) < 4.78 is 1.63. The van der Waals surface area contributed by atoms with Gasteiger partial charge >= 0.3 is 0 Å². The predicted octanol–water partition coefficient (Wildman–Crippen LogP) is 1.68. The number of aromatic nitrogens is 2. The molecule has 0 bridgehead atoms. The van der Waals surface area contributed by atoms with Gasteiger partial charge < -0.3 is 4.90 Å². The van der Waals surface area contributed by atoms with Gasteiger partial charge in [-0.25, -0.2) is 0 Å². The number of aryl methyl sites for hydroxylation is 1. The third kappa shape index (κ3) is 2.81. The lowest BCUT2D eigenvalue weighted by Crippen LogP contribution is -2.33. The molecule has 0 unspecified atom stereocenters. The Kier molecular flexibility index (Phi) is 4.34. The second-order valence-electron chi connectivity index (χ2n) is 3.63. The van der Waals surface area contributed by atoms with E-state index in [1.54, 1.807) is 24.0 Å². The second-order valence-corrected chi connectivity index (χ2v) is 3.63. The van der Waals surface area contributed by atoms with Crippen LogP contribution in [0, 0.1) is 0 Å². The first-order chi connectivity index (χ1) is 7.20. The first kappa shape index (κ1) is 11.8. The molecular weight excluding hydrogens is 190 g/mol. The van der Waals surface area contributed by atoms with Crippen LogP contribution in [0.3, 0.4) is 0 Å². The van der Waals surface area contributed by atoms with Gasteiger partial charge in [-0.15, -0.1) is 0 Å². The molecule has 1 heterocycles. The van der Waals surface area contributed by atoms with Crippen molar-refractivity contribution >= 4 is 5.91 Å². The van der Waals surface area contributed by atoms with Crippen LogP contribution in [0.4, 0.5) is 0 Å². The summed E-state index contributed by atoms with van der Waals surface area (Å²) in [4.78, 5) is 14.0. The smallest absolute Gasteiger partial charge is 0.272 e. The van der Waals surface area contributed by atoms with E-state index in [-0.39, 0.29) is 5.91 Å². The van der Waals surface area contributed by atoms with Gasteiger partial charge in [0.05, 0.1) is 0 Å². The predicted molar refractivity (Wildman–Crippen MR) is 59.7 cm³/mol. The number of hydrogen-bond donors (Lipinski definition) is 0. The van der Waals surface area contributed by atoms with E-state index in [9.17, 15) is 4.79 Å². The molecule has 1 amide bonds. The van der Waals surface area contributed by atoms with Gasteiger partial charge in [0, 0.05) is 26.3 Å². The molecule has 0 radical (unpaired) electrons. The fraction of sp³-hybridized carbons (Fsp3) is 0.636. The van der Waals surface area contributed by atoms with Gasteiger partial charge in [0.25, 0.3) is 5.91 Å². The minimum Gasteiger partial charge on any atom is -0.337 e. The molecule has 0 aliphatic heterocycles. The van der Waals surface area contributed by atoms with E-state index >= 15 is 0 Å². The molecule has 0 fully saturated rings. The molecule has 1 aromatic heterocycles. The van der Waals surface area contributed by atoms with Crippen molar-refractivity contribution in [1.29, 1.82) is 0 Å². The fourth-order valence-corrected chi connectivity index (χ4v) is 1.60. The van der Waals surface area contributed by atoms with E-state index < -0.39 is 0 Å². The highest BCUT2D eigenvalue weighted by molar-refractivity contribution is 5.92. The van der Waals surface area contributed by atoms with Crippen LogP contribution in [-0.4, -0.2) is 33.7 Å². The molecular formula is C11H19N3O. The van der Waals surface area contributed by atoms with Crippen molar-refractivity contribution in [3.63, 3.8) is 0 Å². The molecule has 1 aromatic rings. The third-order valence-electron chi connectivity index (χ3n) is 2.31. The maximum Gasteiger partial charge on any atom is 0.272 e. The Balaban J connectivity index is 2.76. The Bertz CT molecular complexity index is 313. The quantitative estimate of drug-likeness (QED) is 0.740. The van der Waals surface area contributed by atoms with Crippen molar-refractivity contribution in [2.75, 3.05) is 13.1 Å². The SMILES string of the molecule is CCCN(CCC)C(=O)c1ccnn1C. The zero-order valence-electron chi connectivity index (χ0n) is 9.73. The van der Waals surface area contributed by atoms with Gasteiger partial charge in [-0.3, -0.25) is 9.48 Å². The van der Waals surface area contributed by atoms with Crippen molar-refractivity contribution in [3.8, 4) is 0 Å². The van der Waals surface area contributed by atoms with Gasteiger partial charge in [-0.05, 0) is 18.9 Å². The van der Waals surface area contributed by atoms with Crippen LogP contribution in [0.25, 0.3) is 0 Å². The standard InChI is InChI=1S/C11H19N3O/c1-4-8-14(9-5-2)11(15)10-6-7-12-13(10)3/h6-7H,4-5,8-9H2,1-3H3. The molecule has 1 rings (SSSR count). The zero-order chi connectivity index (χ0) is 11.3. The van der Waals surface area contributed by atoms with Crippen LogP contribution < -0.4 is 0 Å². The van der Waals surface area contributed by atoms with E-state index in [4.69, 9.17) is 0 Å². The van der Waals surface area contributed by atoms with Crippen molar-refractivity contribution in [2.24, 2.45) is 7.05 Å². The Hall–Kier alpha value is -1.32. The molecule has 0 saturated carbocycles. The van der Waals surface area contributed by atoms with Crippen molar-refractivity contribution in [1.82, 2.24) is 14.7 Å². The highest BCUT2D eigenvalue weighted by atomic mass is 16.2. The maximum absolute atomic E-state index is 12.1. The highest BCUT2D eigenvalue weighted by Gasteiger charge is 2.16. The molecule has 4 nitrogen and oxygen atoms in total. The summed E-state index contributed by atoms with van der Waals surface area (Å²) >= 11 is 0. The number of carbonyl (C=O) groups excluding carboxylic acids is 1. The molecule has 0 aliphatic carbocycles. The van der Waals surface area contributed by atoms with E-state index in [1.165, 1.54) is 0 Å². The van der Waals surface area contributed by atoms with Crippen molar-refractivity contribution < 1.29 is 4.79 Å². The summed E-state index contributed by atoms with van der Waals surface area (Å²) in [6.45, 7) is 5.80. The Morgan fingerprint density at radius 1 is 1.40 bits per heavy atom. The summed E-state index contributed by atoms with van der Waals surface area (Å²) in [6, 6.07) is 1.76. The number of nitrogens with zero attached hydrogens (tertiary/aromatic N) is 3. The fourth-order valence-electron chi connectivity index (χ4n) is 1.60. The van der Waals surface area contributed by atoms with Crippen LogP contribution >= 0.6 is 0 Å². The summed E-state index contributed by atoms with van der Waals surface area (Å²) in [5, 5.41) is 4.01. The first-order valence-electron chi connectivity index (χ1n) is 5.48. The normalized spacial score (nSPS) is 10.3. The lowest BCUT2D eigenvalue weighted by atomic mass is 10.3. The van der Waals surface area contributed by atoms with E-state index in [1.807, 2.05) is 4.90 Å². The monoisotopic (exact) mass is 209 g/mol. The average Bonchev–Trinajstić information content (AvgIpc) is 2.63. The number of carbonyl (C=O) groups is 1. The van der Waals surface area contributed by atoms with Crippen LogP contribution in [0.1, 0.15) is 37.2 Å². The second kappa shape index (κ2) is 5.53. The highest BCUT2D eigenvalue weighted by Crippen LogP contribution is 2.05. The molecule has 0 N–H and O–H groups in total. The largest absolute Gasteiger partial charge is 0.337 e. The number of amides is 1. The van der Waals surface area contributed by atoms with E-state index in [2.05, 4.69) is 18.9 Å². The van der Waals surface area contributed by atoms with Crippen LogP contribution in [-0.2, 0) is 7.05 Å². The Morgan fingerprint density at radius 3 is 2.40 bits per heavy atom. The van der Waals surface area contributed by atoms with Crippen molar-refractivity contribution in [2.45, 2.75) is 26.7 Å².